The van der Waals surface area contributed by atoms with Crippen LogP contribution < -0.4 is 10.1 Å². The first-order valence-electron chi connectivity index (χ1n) is 7.11. The van der Waals surface area contributed by atoms with Crippen molar-refractivity contribution in [2.24, 2.45) is 5.92 Å². The summed E-state index contributed by atoms with van der Waals surface area (Å²) in [7, 11) is 0. The maximum absolute atomic E-state index is 6.24. The van der Waals surface area contributed by atoms with E-state index in [9.17, 15) is 0 Å². The maximum Gasteiger partial charge on any atom is 0.128 e. The second-order valence-corrected chi connectivity index (χ2v) is 6.18. The van der Waals surface area contributed by atoms with Gasteiger partial charge in [-0.1, -0.05) is 53.5 Å². The molecule has 4 heteroatoms. The Bertz CT molecular complexity index is 577. The van der Waals surface area contributed by atoms with Gasteiger partial charge in [-0.05, 0) is 36.7 Å². The molecule has 2 nitrogen and oxygen atoms in total. The molecule has 21 heavy (non-hydrogen) atoms. The molecule has 0 bridgehead atoms. The molecule has 2 aromatic carbocycles. The molecular weight excluding hydrogens is 305 g/mol. The van der Waals surface area contributed by atoms with Crippen molar-refractivity contribution in [1.82, 2.24) is 5.32 Å². The Labute approximate surface area is 135 Å². The van der Waals surface area contributed by atoms with Crippen LogP contribution in [0, 0.1) is 5.92 Å². The van der Waals surface area contributed by atoms with Crippen molar-refractivity contribution < 1.29 is 4.74 Å². The number of ether oxygens (including phenoxy) is 1. The molecule has 0 unspecified atom stereocenters. The molecular formula is C17H17Cl2NO. The summed E-state index contributed by atoms with van der Waals surface area (Å²) >= 11 is 12.1. The van der Waals surface area contributed by atoms with Crippen LogP contribution in [-0.4, -0.2) is 13.1 Å². The summed E-state index contributed by atoms with van der Waals surface area (Å²) in [5.41, 5.74) is 1.18. The molecule has 1 fully saturated rings. The van der Waals surface area contributed by atoms with E-state index in [-0.39, 0.29) is 6.10 Å². The monoisotopic (exact) mass is 321 g/mol. The van der Waals surface area contributed by atoms with E-state index in [0.717, 1.165) is 19.5 Å². The van der Waals surface area contributed by atoms with E-state index in [1.54, 1.807) is 6.07 Å². The molecule has 1 aliphatic heterocycles. The Morgan fingerprint density at radius 3 is 2.38 bits per heavy atom. The van der Waals surface area contributed by atoms with Crippen LogP contribution in [0.25, 0.3) is 0 Å². The van der Waals surface area contributed by atoms with Crippen molar-refractivity contribution >= 4 is 23.2 Å². The standard InChI is InChI=1S/C17H17Cl2NO/c18-14-8-15(19)10-16(9-14)21-17(13-6-7-20-11-13)12-4-2-1-3-5-12/h1-5,8-10,13,17,20H,6-7,11H2/t13-,17-/m0/s1. The quantitative estimate of drug-likeness (QED) is 0.879. The van der Waals surface area contributed by atoms with E-state index in [2.05, 4.69) is 17.4 Å². The average molecular weight is 322 g/mol. The zero-order valence-corrected chi connectivity index (χ0v) is 13.1. The maximum atomic E-state index is 6.24. The van der Waals surface area contributed by atoms with Crippen molar-refractivity contribution in [2.75, 3.05) is 13.1 Å². The van der Waals surface area contributed by atoms with E-state index in [0.29, 0.717) is 21.7 Å². The molecule has 0 radical (unpaired) electrons. The third kappa shape index (κ3) is 3.70. The lowest BCUT2D eigenvalue weighted by molar-refractivity contribution is 0.144. The summed E-state index contributed by atoms with van der Waals surface area (Å²) in [6.07, 6.45) is 1.11. The van der Waals surface area contributed by atoms with Crippen LogP contribution in [0.4, 0.5) is 0 Å². The highest BCUT2D eigenvalue weighted by Crippen LogP contribution is 2.34. The second-order valence-electron chi connectivity index (χ2n) is 5.31. The van der Waals surface area contributed by atoms with Gasteiger partial charge in [0.1, 0.15) is 11.9 Å². The predicted molar refractivity (Wildman–Crippen MR) is 87.2 cm³/mol. The van der Waals surface area contributed by atoms with Gasteiger partial charge in [0.25, 0.3) is 0 Å². The average Bonchev–Trinajstić information content (AvgIpc) is 2.98. The van der Waals surface area contributed by atoms with E-state index in [1.165, 1.54) is 5.56 Å². The molecule has 0 aromatic heterocycles. The lowest BCUT2D eigenvalue weighted by atomic mass is 9.95. The summed E-state index contributed by atoms with van der Waals surface area (Å²) < 4.78 is 6.24. The topological polar surface area (TPSA) is 21.3 Å². The molecule has 1 heterocycles. The molecule has 2 atom stereocenters. The highest BCUT2D eigenvalue weighted by Gasteiger charge is 2.28. The highest BCUT2D eigenvalue weighted by molar-refractivity contribution is 6.34. The fourth-order valence-corrected chi connectivity index (χ4v) is 3.26. The minimum Gasteiger partial charge on any atom is -0.485 e. The minimum atomic E-state index is 0.00994. The summed E-state index contributed by atoms with van der Waals surface area (Å²) in [5.74, 6) is 1.17. The first-order chi connectivity index (χ1) is 10.2. The van der Waals surface area contributed by atoms with Crippen molar-refractivity contribution in [2.45, 2.75) is 12.5 Å². The Morgan fingerprint density at radius 2 is 1.76 bits per heavy atom. The molecule has 1 saturated heterocycles. The fourth-order valence-electron chi connectivity index (χ4n) is 2.76. The van der Waals surface area contributed by atoms with Gasteiger partial charge < -0.3 is 10.1 Å². The van der Waals surface area contributed by atoms with Gasteiger partial charge in [0, 0.05) is 22.5 Å². The number of benzene rings is 2. The molecule has 0 amide bonds. The molecule has 0 aliphatic carbocycles. The number of hydrogen-bond donors (Lipinski definition) is 1. The Hall–Kier alpha value is -1.22. The van der Waals surface area contributed by atoms with Crippen molar-refractivity contribution in [1.29, 1.82) is 0 Å². The lowest BCUT2D eigenvalue weighted by Crippen LogP contribution is -2.21. The summed E-state index contributed by atoms with van der Waals surface area (Å²) in [6, 6.07) is 15.6. The summed E-state index contributed by atoms with van der Waals surface area (Å²) in [6.45, 7) is 2.00. The number of nitrogens with one attached hydrogen (secondary N) is 1. The van der Waals surface area contributed by atoms with E-state index < -0.39 is 0 Å². The van der Waals surface area contributed by atoms with Crippen LogP contribution in [0.2, 0.25) is 10.0 Å². The highest BCUT2D eigenvalue weighted by atomic mass is 35.5. The Morgan fingerprint density at radius 1 is 1.05 bits per heavy atom. The van der Waals surface area contributed by atoms with Gasteiger partial charge >= 0.3 is 0 Å². The first kappa shape index (κ1) is 14.7. The molecule has 3 rings (SSSR count). The van der Waals surface area contributed by atoms with E-state index in [1.807, 2.05) is 30.3 Å². The first-order valence-corrected chi connectivity index (χ1v) is 7.86. The van der Waals surface area contributed by atoms with Crippen LogP contribution in [0.15, 0.2) is 48.5 Å². The van der Waals surface area contributed by atoms with Gasteiger partial charge in [-0.2, -0.15) is 0 Å². The zero-order valence-electron chi connectivity index (χ0n) is 11.6. The van der Waals surface area contributed by atoms with E-state index in [4.69, 9.17) is 27.9 Å². The normalized spacial score (nSPS) is 19.4. The second kappa shape index (κ2) is 6.69. The summed E-state index contributed by atoms with van der Waals surface area (Å²) in [4.78, 5) is 0. The van der Waals surface area contributed by atoms with Gasteiger partial charge in [-0.25, -0.2) is 0 Å². The smallest absolute Gasteiger partial charge is 0.128 e. The third-order valence-electron chi connectivity index (χ3n) is 3.75. The van der Waals surface area contributed by atoms with Crippen molar-refractivity contribution in [3.63, 3.8) is 0 Å². The van der Waals surface area contributed by atoms with Gasteiger partial charge in [0.2, 0.25) is 0 Å². The zero-order chi connectivity index (χ0) is 14.7. The fraction of sp³-hybridized carbons (Fsp3) is 0.294. The van der Waals surface area contributed by atoms with E-state index >= 15 is 0 Å². The van der Waals surface area contributed by atoms with Crippen molar-refractivity contribution in [3.05, 3.63) is 64.1 Å². The van der Waals surface area contributed by atoms with Crippen LogP contribution in [0.5, 0.6) is 5.75 Å². The molecule has 0 spiro atoms. The third-order valence-corrected chi connectivity index (χ3v) is 4.19. The van der Waals surface area contributed by atoms with Crippen LogP contribution in [0.1, 0.15) is 18.1 Å². The lowest BCUT2D eigenvalue weighted by Gasteiger charge is -2.25. The van der Waals surface area contributed by atoms with Crippen LogP contribution >= 0.6 is 23.2 Å². The number of rotatable bonds is 4. The van der Waals surface area contributed by atoms with Gasteiger partial charge in [0.15, 0.2) is 0 Å². The van der Waals surface area contributed by atoms with Gasteiger partial charge in [-0.15, -0.1) is 0 Å². The van der Waals surface area contributed by atoms with Crippen LogP contribution in [0.3, 0.4) is 0 Å². The SMILES string of the molecule is Clc1cc(Cl)cc(O[C@@H](c2ccccc2)[C@H]2CCNC2)c1. The number of hydrogen-bond acceptors (Lipinski definition) is 2. The largest absolute Gasteiger partial charge is 0.485 e. The Kier molecular flexibility index (Phi) is 4.69. The predicted octanol–water partition coefficient (Wildman–Crippen LogP) is 4.72. The summed E-state index contributed by atoms with van der Waals surface area (Å²) in [5, 5.41) is 4.58. The molecule has 2 aromatic rings. The molecule has 1 aliphatic rings. The molecule has 0 saturated carbocycles. The molecule has 1 N–H and O–H groups in total. The van der Waals surface area contributed by atoms with Crippen molar-refractivity contribution in [3.8, 4) is 5.75 Å². The number of halogens is 2. The molecule has 110 valence electrons. The Balaban J connectivity index is 1.88. The van der Waals surface area contributed by atoms with Gasteiger partial charge in [0.05, 0.1) is 0 Å². The van der Waals surface area contributed by atoms with Crippen LogP contribution in [-0.2, 0) is 0 Å². The minimum absolute atomic E-state index is 0.00994. The van der Waals surface area contributed by atoms with Gasteiger partial charge in [-0.3, -0.25) is 0 Å².